The molecule has 0 heterocycles. The first-order valence-electron chi connectivity index (χ1n) is 6.41. The van der Waals surface area contributed by atoms with Crippen molar-refractivity contribution in [1.82, 2.24) is 9.62 Å². The number of sulfonamides is 1. The van der Waals surface area contributed by atoms with Gasteiger partial charge in [0.1, 0.15) is 6.54 Å². The van der Waals surface area contributed by atoms with Gasteiger partial charge in [0.25, 0.3) is 5.91 Å². The molecule has 1 aliphatic carbocycles. The number of hydrogen-bond acceptors (Lipinski definition) is 4. The van der Waals surface area contributed by atoms with E-state index >= 15 is 0 Å². The second-order valence-corrected chi connectivity index (χ2v) is 6.68. The van der Waals surface area contributed by atoms with Gasteiger partial charge in [-0.15, -0.1) is 0 Å². The normalized spacial score (nSPS) is 14.7. The van der Waals surface area contributed by atoms with E-state index in [4.69, 9.17) is 5.11 Å². The average Bonchev–Trinajstić information content (AvgIpc) is 3.28. The number of benzene rings is 1. The van der Waals surface area contributed by atoms with Crippen LogP contribution in [0.1, 0.15) is 23.2 Å². The van der Waals surface area contributed by atoms with Crippen molar-refractivity contribution in [3.8, 4) is 0 Å². The molecule has 0 spiro atoms. The van der Waals surface area contributed by atoms with Crippen LogP contribution in [0.2, 0.25) is 0 Å². The van der Waals surface area contributed by atoms with Gasteiger partial charge in [0.2, 0.25) is 10.0 Å². The highest BCUT2D eigenvalue weighted by molar-refractivity contribution is 7.89. The summed E-state index contributed by atoms with van der Waals surface area (Å²) in [5.41, 5.74) is 0.276. The van der Waals surface area contributed by atoms with Crippen molar-refractivity contribution in [3.05, 3.63) is 29.8 Å². The number of carboxylic acids is 1. The maximum atomic E-state index is 12.3. The Balaban J connectivity index is 2.21. The van der Waals surface area contributed by atoms with Gasteiger partial charge in [-0.1, -0.05) is 0 Å². The summed E-state index contributed by atoms with van der Waals surface area (Å²) in [7, 11) is -2.25. The standard InChI is InChI=1S/C13H16N2O5S/c1-14-21(19,20)11-6-2-9(3-7-11)13(18)15(8-12(16)17)10-4-5-10/h2-3,6-7,10,14H,4-5,8H2,1H3,(H,16,17). The van der Waals surface area contributed by atoms with E-state index in [1.54, 1.807) is 0 Å². The number of nitrogens with zero attached hydrogens (tertiary/aromatic N) is 1. The van der Waals surface area contributed by atoms with Gasteiger partial charge in [-0.2, -0.15) is 0 Å². The van der Waals surface area contributed by atoms with Crippen molar-refractivity contribution in [2.75, 3.05) is 13.6 Å². The quantitative estimate of drug-likeness (QED) is 0.785. The number of nitrogens with one attached hydrogen (secondary N) is 1. The number of carbonyl (C=O) groups is 2. The van der Waals surface area contributed by atoms with E-state index in [9.17, 15) is 18.0 Å². The summed E-state index contributed by atoms with van der Waals surface area (Å²) in [4.78, 5) is 24.5. The molecule has 0 saturated heterocycles. The van der Waals surface area contributed by atoms with Gasteiger partial charge in [0, 0.05) is 11.6 Å². The average molecular weight is 312 g/mol. The van der Waals surface area contributed by atoms with Crippen molar-refractivity contribution >= 4 is 21.9 Å². The number of aliphatic carboxylic acids is 1. The lowest BCUT2D eigenvalue weighted by molar-refractivity contribution is -0.137. The Morgan fingerprint density at radius 2 is 1.86 bits per heavy atom. The third-order valence-electron chi connectivity index (χ3n) is 3.23. The monoisotopic (exact) mass is 312 g/mol. The molecule has 1 aromatic rings. The smallest absolute Gasteiger partial charge is 0.323 e. The van der Waals surface area contributed by atoms with Gasteiger partial charge in [0.05, 0.1) is 4.90 Å². The maximum absolute atomic E-state index is 12.3. The van der Waals surface area contributed by atoms with Crippen LogP contribution in [0.15, 0.2) is 29.2 Å². The molecule has 21 heavy (non-hydrogen) atoms. The van der Waals surface area contributed by atoms with E-state index in [1.165, 1.54) is 36.2 Å². The topological polar surface area (TPSA) is 104 Å². The fraction of sp³-hybridized carbons (Fsp3) is 0.385. The molecule has 1 aliphatic rings. The zero-order chi connectivity index (χ0) is 15.6. The Bertz CT molecular complexity index is 650. The molecule has 1 fully saturated rings. The molecular weight excluding hydrogens is 296 g/mol. The van der Waals surface area contributed by atoms with Gasteiger partial charge >= 0.3 is 5.97 Å². The van der Waals surface area contributed by atoms with Crippen molar-refractivity contribution in [1.29, 1.82) is 0 Å². The van der Waals surface area contributed by atoms with Gasteiger partial charge in [-0.25, -0.2) is 13.1 Å². The third-order valence-corrected chi connectivity index (χ3v) is 4.66. The fourth-order valence-electron chi connectivity index (χ4n) is 1.96. The molecule has 0 aliphatic heterocycles. The van der Waals surface area contributed by atoms with Crippen LogP contribution in [0.5, 0.6) is 0 Å². The summed E-state index contributed by atoms with van der Waals surface area (Å²) >= 11 is 0. The maximum Gasteiger partial charge on any atom is 0.323 e. The highest BCUT2D eigenvalue weighted by atomic mass is 32.2. The van der Waals surface area contributed by atoms with Crippen molar-refractivity contribution in [3.63, 3.8) is 0 Å². The van der Waals surface area contributed by atoms with E-state index in [-0.39, 0.29) is 23.0 Å². The molecule has 0 aromatic heterocycles. The van der Waals surface area contributed by atoms with Crippen LogP contribution in [-0.2, 0) is 14.8 Å². The highest BCUT2D eigenvalue weighted by Crippen LogP contribution is 2.28. The lowest BCUT2D eigenvalue weighted by Gasteiger charge is -2.20. The Hall–Kier alpha value is -1.93. The zero-order valence-corrected chi connectivity index (χ0v) is 12.3. The van der Waals surface area contributed by atoms with E-state index in [0.717, 1.165) is 12.8 Å². The van der Waals surface area contributed by atoms with Crippen LogP contribution in [-0.4, -0.2) is 49.9 Å². The Morgan fingerprint density at radius 1 is 1.29 bits per heavy atom. The van der Waals surface area contributed by atoms with Crippen molar-refractivity contribution in [2.24, 2.45) is 0 Å². The minimum absolute atomic E-state index is 0.0330. The Kier molecular flexibility index (Phi) is 4.29. The lowest BCUT2D eigenvalue weighted by Crippen LogP contribution is -2.37. The summed E-state index contributed by atoms with van der Waals surface area (Å²) in [6.07, 6.45) is 1.59. The highest BCUT2D eigenvalue weighted by Gasteiger charge is 2.34. The summed E-state index contributed by atoms with van der Waals surface area (Å²) < 4.78 is 25.4. The minimum atomic E-state index is -3.55. The number of amides is 1. The molecular formula is C13H16N2O5S. The lowest BCUT2D eigenvalue weighted by atomic mass is 10.2. The first kappa shape index (κ1) is 15.5. The number of carbonyl (C=O) groups excluding carboxylic acids is 1. The van der Waals surface area contributed by atoms with Crippen LogP contribution in [0.25, 0.3) is 0 Å². The van der Waals surface area contributed by atoms with Gasteiger partial charge < -0.3 is 10.0 Å². The molecule has 0 atom stereocenters. The Morgan fingerprint density at radius 3 is 2.29 bits per heavy atom. The number of rotatable bonds is 6. The second kappa shape index (κ2) is 5.82. The van der Waals surface area contributed by atoms with Crippen LogP contribution in [0.4, 0.5) is 0 Å². The second-order valence-electron chi connectivity index (χ2n) is 4.79. The summed E-state index contributed by atoms with van der Waals surface area (Å²) in [6.45, 7) is -0.347. The molecule has 1 amide bonds. The summed E-state index contributed by atoms with van der Waals surface area (Å²) in [5, 5.41) is 8.86. The fourth-order valence-corrected chi connectivity index (χ4v) is 2.69. The molecule has 114 valence electrons. The van der Waals surface area contributed by atoms with E-state index in [1.807, 2.05) is 0 Å². The SMILES string of the molecule is CNS(=O)(=O)c1ccc(C(=O)N(CC(=O)O)C2CC2)cc1. The molecule has 1 saturated carbocycles. The predicted octanol–water partition coefficient (Wildman–Crippen LogP) is 0.284. The van der Waals surface area contributed by atoms with Gasteiger partial charge in [0.15, 0.2) is 0 Å². The molecule has 2 rings (SSSR count). The molecule has 0 bridgehead atoms. The first-order valence-corrected chi connectivity index (χ1v) is 7.90. The molecule has 1 aromatic carbocycles. The van der Waals surface area contributed by atoms with E-state index in [0.29, 0.717) is 0 Å². The Labute approximate surface area is 122 Å². The van der Waals surface area contributed by atoms with Crippen LogP contribution < -0.4 is 4.72 Å². The van der Waals surface area contributed by atoms with Gasteiger partial charge in [-0.3, -0.25) is 9.59 Å². The molecule has 7 nitrogen and oxygen atoms in total. The van der Waals surface area contributed by atoms with Crippen LogP contribution in [0, 0.1) is 0 Å². The zero-order valence-electron chi connectivity index (χ0n) is 11.4. The first-order chi connectivity index (χ1) is 9.85. The van der Waals surface area contributed by atoms with Crippen molar-refractivity contribution in [2.45, 2.75) is 23.8 Å². The van der Waals surface area contributed by atoms with Gasteiger partial charge in [-0.05, 0) is 44.2 Å². The molecule has 0 radical (unpaired) electrons. The largest absolute Gasteiger partial charge is 0.480 e. The molecule has 8 heteroatoms. The predicted molar refractivity (Wildman–Crippen MR) is 74.4 cm³/mol. The number of hydrogen-bond donors (Lipinski definition) is 2. The summed E-state index contributed by atoms with van der Waals surface area (Å²) in [5.74, 6) is -1.46. The third kappa shape index (κ3) is 3.59. The van der Waals surface area contributed by atoms with E-state index < -0.39 is 21.9 Å². The van der Waals surface area contributed by atoms with Crippen molar-refractivity contribution < 1.29 is 23.1 Å². The van der Waals surface area contributed by atoms with Crippen LogP contribution in [0.3, 0.4) is 0 Å². The van der Waals surface area contributed by atoms with E-state index in [2.05, 4.69) is 4.72 Å². The number of carboxylic acid groups (broad SMARTS) is 1. The molecule has 2 N–H and O–H groups in total. The van der Waals surface area contributed by atoms with Crippen LogP contribution >= 0.6 is 0 Å². The molecule has 0 unspecified atom stereocenters. The minimum Gasteiger partial charge on any atom is -0.480 e. The summed E-state index contributed by atoms with van der Waals surface area (Å²) in [6, 6.07) is 5.40.